The van der Waals surface area contributed by atoms with Gasteiger partial charge in [0, 0.05) is 26.5 Å². The van der Waals surface area contributed by atoms with Gasteiger partial charge in [-0.25, -0.2) is 0 Å². The Morgan fingerprint density at radius 2 is 1.22 bits per heavy atom. The average Bonchev–Trinajstić information content (AvgIpc) is 3.07. The van der Waals surface area contributed by atoms with Gasteiger partial charge in [-0.3, -0.25) is 10.1 Å². The minimum Gasteiger partial charge on any atom is -0.258 e. The van der Waals surface area contributed by atoms with Crippen LogP contribution < -0.4 is 0 Å². The van der Waals surface area contributed by atoms with E-state index in [-0.39, 0.29) is 16.0 Å². The number of nitrogens with zero attached hydrogens (tertiary/aromatic N) is 1. The second-order valence-electron chi connectivity index (χ2n) is 8.15. The van der Waals surface area contributed by atoms with Gasteiger partial charge >= 0.3 is 0 Å². The van der Waals surface area contributed by atoms with Gasteiger partial charge in [0.05, 0.1) is 4.92 Å². The Morgan fingerprint density at radius 1 is 0.688 bits per heavy atom. The van der Waals surface area contributed by atoms with Crippen LogP contribution in [-0.4, -0.2) is 4.92 Å². The molecule has 0 bridgehead atoms. The zero-order valence-electron chi connectivity index (χ0n) is 17.1. The van der Waals surface area contributed by atoms with Gasteiger partial charge < -0.3 is 0 Å². The molecule has 0 aromatic heterocycles. The summed E-state index contributed by atoms with van der Waals surface area (Å²) in [6.45, 7) is 0. The molecule has 0 saturated carbocycles. The third-order valence-electron chi connectivity index (χ3n) is 6.36. The molecule has 5 rings (SSSR count). The molecule has 0 radical (unpaired) electrons. The standard InChI is InChI=1S/C27H19Br2NO2/c28-25-12-6-1-7-18(25)16-27(17-19-15-20(30(31)32)13-14-26(19)29)23-10-4-2-8-21(23)22-9-3-5-11-24(22)27/h1-15H,16-17H2. The van der Waals surface area contributed by atoms with Crippen molar-refractivity contribution in [2.45, 2.75) is 18.3 Å². The summed E-state index contributed by atoms with van der Waals surface area (Å²) in [6, 6.07) is 30.4. The van der Waals surface area contributed by atoms with Crippen molar-refractivity contribution in [3.8, 4) is 11.1 Å². The second-order valence-corrected chi connectivity index (χ2v) is 9.86. The van der Waals surface area contributed by atoms with Crippen molar-refractivity contribution in [3.63, 3.8) is 0 Å². The van der Waals surface area contributed by atoms with Crippen LogP contribution >= 0.6 is 31.9 Å². The Morgan fingerprint density at radius 3 is 1.84 bits per heavy atom. The maximum absolute atomic E-state index is 11.5. The van der Waals surface area contributed by atoms with Gasteiger partial charge in [0.15, 0.2) is 0 Å². The third kappa shape index (κ3) is 3.50. The topological polar surface area (TPSA) is 43.1 Å². The maximum atomic E-state index is 11.5. The van der Waals surface area contributed by atoms with E-state index in [0.717, 1.165) is 20.9 Å². The van der Waals surface area contributed by atoms with Crippen LogP contribution in [0.15, 0.2) is 99.9 Å². The fourth-order valence-corrected chi connectivity index (χ4v) is 5.77. The number of halogens is 2. The minimum atomic E-state index is -0.352. The molecule has 0 fully saturated rings. The summed E-state index contributed by atoms with van der Waals surface area (Å²) in [5.74, 6) is 0. The van der Waals surface area contributed by atoms with Crippen molar-refractivity contribution >= 4 is 37.5 Å². The Balaban J connectivity index is 1.76. The SMILES string of the molecule is O=[N+]([O-])c1ccc(Br)c(CC2(Cc3ccccc3Br)c3ccccc3-c3ccccc32)c1. The largest absolute Gasteiger partial charge is 0.269 e. The molecular formula is C27H19Br2NO2. The predicted octanol–water partition coefficient (Wildman–Crippen LogP) is 7.87. The monoisotopic (exact) mass is 547 g/mol. The zero-order valence-corrected chi connectivity index (χ0v) is 20.3. The highest BCUT2D eigenvalue weighted by atomic mass is 79.9. The molecule has 32 heavy (non-hydrogen) atoms. The summed E-state index contributed by atoms with van der Waals surface area (Å²) in [7, 11) is 0. The van der Waals surface area contributed by atoms with E-state index >= 15 is 0 Å². The smallest absolute Gasteiger partial charge is 0.258 e. The van der Waals surface area contributed by atoms with Crippen LogP contribution in [0.25, 0.3) is 11.1 Å². The number of hydrogen-bond acceptors (Lipinski definition) is 2. The summed E-state index contributed by atoms with van der Waals surface area (Å²) in [6.07, 6.45) is 1.42. The summed E-state index contributed by atoms with van der Waals surface area (Å²) in [5, 5.41) is 11.5. The fraction of sp³-hybridized carbons (Fsp3) is 0.111. The molecule has 0 saturated heterocycles. The molecule has 0 atom stereocenters. The number of hydrogen-bond donors (Lipinski definition) is 0. The normalized spacial score (nSPS) is 13.4. The fourth-order valence-electron chi connectivity index (χ4n) is 4.96. The van der Waals surface area contributed by atoms with Crippen LogP contribution in [0.2, 0.25) is 0 Å². The molecule has 5 heteroatoms. The number of benzene rings is 4. The third-order valence-corrected chi connectivity index (χ3v) is 7.91. The molecule has 0 aliphatic heterocycles. The van der Waals surface area contributed by atoms with E-state index in [0.29, 0.717) is 6.42 Å². The molecule has 1 aliphatic carbocycles. The second kappa shape index (κ2) is 8.30. The molecule has 0 N–H and O–H groups in total. The molecule has 1 aliphatic rings. The molecular weight excluding hydrogens is 530 g/mol. The molecule has 4 aromatic carbocycles. The summed E-state index contributed by atoms with van der Waals surface area (Å²) in [4.78, 5) is 11.2. The molecule has 4 aromatic rings. The first-order chi connectivity index (χ1) is 15.5. The van der Waals surface area contributed by atoms with Crippen molar-refractivity contribution in [1.29, 1.82) is 0 Å². The highest BCUT2D eigenvalue weighted by Gasteiger charge is 2.43. The summed E-state index contributed by atoms with van der Waals surface area (Å²) >= 11 is 7.40. The van der Waals surface area contributed by atoms with Crippen LogP contribution in [-0.2, 0) is 18.3 Å². The van der Waals surface area contributed by atoms with Gasteiger partial charge in [0.25, 0.3) is 5.69 Å². The lowest BCUT2D eigenvalue weighted by Gasteiger charge is -2.33. The lowest BCUT2D eigenvalue weighted by molar-refractivity contribution is -0.384. The number of nitro benzene ring substituents is 1. The Labute approximate surface area is 203 Å². The van der Waals surface area contributed by atoms with Gasteiger partial charge in [-0.2, -0.15) is 0 Å². The average molecular weight is 549 g/mol. The quantitative estimate of drug-likeness (QED) is 0.188. The first kappa shape index (κ1) is 21.1. The van der Waals surface area contributed by atoms with Gasteiger partial charge in [0.1, 0.15) is 0 Å². The van der Waals surface area contributed by atoms with Crippen molar-refractivity contribution in [2.75, 3.05) is 0 Å². The summed E-state index contributed by atoms with van der Waals surface area (Å²) in [5.41, 5.74) is 6.88. The zero-order chi connectivity index (χ0) is 22.3. The van der Waals surface area contributed by atoms with E-state index in [4.69, 9.17) is 0 Å². The van der Waals surface area contributed by atoms with Crippen molar-refractivity contribution < 1.29 is 4.92 Å². The van der Waals surface area contributed by atoms with E-state index in [1.54, 1.807) is 18.2 Å². The number of rotatable bonds is 5. The van der Waals surface area contributed by atoms with E-state index in [1.807, 2.05) is 6.07 Å². The van der Waals surface area contributed by atoms with Gasteiger partial charge in [0.2, 0.25) is 0 Å². The number of nitro groups is 1. The maximum Gasteiger partial charge on any atom is 0.269 e. The molecule has 158 valence electrons. The van der Waals surface area contributed by atoms with Gasteiger partial charge in [-0.15, -0.1) is 0 Å². The van der Waals surface area contributed by atoms with Crippen LogP contribution in [0.4, 0.5) is 5.69 Å². The highest BCUT2D eigenvalue weighted by molar-refractivity contribution is 9.10. The number of non-ortho nitro benzene ring substituents is 1. The van der Waals surface area contributed by atoms with Crippen molar-refractivity contribution in [2.24, 2.45) is 0 Å². The first-order valence-corrected chi connectivity index (χ1v) is 11.9. The van der Waals surface area contributed by atoms with Crippen LogP contribution in [0.1, 0.15) is 22.3 Å². The first-order valence-electron chi connectivity index (χ1n) is 10.4. The summed E-state index contributed by atoms with van der Waals surface area (Å²) < 4.78 is 1.95. The van der Waals surface area contributed by atoms with E-state index in [2.05, 4.69) is 98.6 Å². The van der Waals surface area contributed by atoms with Crippen LogP contribution in [0.5, 0.6) is 0 Å². The van der Waals surface area contributed by atoms with Crippen molar-refractivity contribution in [1.82, 2.24) is 0 Å². The lowest BCUT2D eigenvalue weighted by atomic mass is 9.69. The van der Waals surface area contributed by atoms with Crippen LogP contribution in [0.3, 0.4) is 0 Å². The molecule has 0 spiro atoms. The Bertz CT molecular complexity index is 1300. The Hall–Kier alpha value is -2.76. The molecule has 3 nitrogen and oxygen atoms in total. The molecule has 0 amide bonds. The Kier molecular flexibility index (Phi) is 5.48. The van der Waals surface area contributed by atoms with Crippen molar-refractivity contribution in [3.05, 3.63) is 132 Å². The minimum absolute atomic E-state index is 0.110. The molecule has 0 unspecified atom stereocenters. The molecule has 0 heterocycles. The lowest BCUT2D eigenvalue weighted by Crippen LogP contribution is -2.31. The van der Waals surface area contributed by atoms with E-state index < -0.39 is 0 Å². The van der Waals surface area contributed by atoms with Gasteiger partial charge in [-0.05, 0) is 58.4 Å². The van der Waals surface area contributed by atoms with E-state index in [9.17, 15) is 10.1 Å². The predicted molar refractivity (Wildman–Crippen MR) is 135 cm³/mol. The van der Waals surface area contributed by atoms with Crippen LogP contribution in [0, 0.1) is 10.1 Å². The highest BCUT2D eigenvalue weighted by Crippen LogP contribution is 2.53. The van der Waals surface area contributed by atoms with Gasteiger partial charge in [-0.1, -0.05) is 98.6 Å². The van der Waals surface area contributed by atoms with E-state index in [1.165, 1.54) is 27.8 Å². The number of fused-ring (bicyclic) bond motifs is 3.